The van der Waals surface area contributed by atoms with E-state index in [1.165, 1.54) is 25.7 Å². The molecular formula is C52H84NO10P. The summed E-state index contributed by atoms with van der Waals surface area (Å²) in [6.07, 6.45) is 59.6. The Morgan fingerprint density at radius 1 is 0.516 bits per heavy atom. The van der Waals surface area contributed by atoms with Crippen LogP contribution in [0.5, 0.6) is 0 Å². The fourth-order valence-electron chi connectivity index (χ4n) is 5.85. The molecule has 0 aliphatic carbocycles. The molecule has 3 unspecified atom stereocenters. The van der Waals surface area contributed by atoms with Gasteiger partial charge in [-0.1, -0.05) is 162 Å². The summed E-state index contributed by atoms with van der Waals surface area (Å²) in [7, 11) is -4.78. The lowest BCUT2D eigenvalue weighted by Crippen LogP contribution is -2.43. The molecule has 0 heterocycles. The Labute approximate surface area is 386 Å². The fourth-order valence-corrected chi connectivity index (χ4v) is 6.63. The van der Waals surface area contributed by atoms with Gasteiger partial charge in [0.25, 0.3) is 0 Å². The zero-order valence-electron chi connectivity index (χ0n) is 39.3. The fraction of sp³-hybridized carbons (Fsp3) is 0.596. The Bertz CT molecular complexity index is 1490. The number of aliphatic carboxylic acids is 1. The Morgan fingerprint density at radius 3 is 1.38 bits per heavy atom. The largest absolute Gasteiger partial charge is 0.480 e. The molecule has 4 N–H and O–H groups in total. The average Bonchev–Trinajstić information content (AvgIpc) is 3.27. The summed E-state index contributed by atoms with van der Waals surface area (Å²) in [5, 5.41) is 21.9. The van der Waals surface area contributed by atoms with Gasteiger partial charge in [-0.15, -0.1) is 0 Å². The Kier molecular flexibility index (Phi) is 42.9. The number of hydrogen-bond donors (Lipinski definition) is 4. The number of amides is 1. The van der Waals surface area contributed by atoms with E-state index < -0.39 is 57.6 Å². The number of carbonyl (C=O) groups is 3. The van der Waals surface area contributed by atoms with Crippen molar-refractivity contribution >= 4 is 25.7 Å². The van der Waals surface area contributed by atoms with E-state index in [0.717, 1.165) is 103 Å². The van der Waals surface area contributed by atoms with E-state index >= 15 is 0 Å². The number of carboxylic acid groups (broad SMARTS) is 1. The molecule has 0 aromatic heterocycles. The maximum atomic E-state index is 12.3. The number of nitrogens with one attached hydrogen (secondary N) is 1. The smallest absolute Gasteiger partial charge is 0.472 e. The summed E-state index contributed by atoms with van der Waals surface area (Å²) in [6, 6.07) is -1.57. The summed E-state index contributed by atoms with van der Waals surface area (Å²) in [5.41, 5.74) is 0. The molecule has 0 bridgehead atoms. The lowest BCUT2D eigenvalue weighted by atomic mass is 10.1. The van der Waals surface area contributed by atoms with Crippen LogP contribution in [0.1, 0.15) is 168 Å². The minimum Gasteiger partial charge on any atom is -0.480 e. The second-order valence-electron chi connectivity index (χ2n) is 15.6. The van der Waals surface area contributed by atoms with Gasteiger partial charge in [-0.2, -0.15) is 0 Å². The summed E-state index contributed by atoms with van der Waals surface area (Å²) >= 11 is 0. The third-order valence-electron chi connectivity index (χ3n) is 9.55. The van der Waals surface area contributed by atoms with Gasteiger partial charge in [0, 0.05) is 12.8 Å². The summed E-state index contributed by atoms with van der Waals surface area (Å²) in [4.78, 5) is 46.1. The van der Waals surface area contributed by atoms with E-state index in [-0.39, 0.29) is 12.8 Å². The van der Waals surface area contributed by atoms with Gasteiger partial charge >= 0.3 is 19.8 Å². The summed E-state index contributed by atoms with van der Waals surface area (Å²) in [6.45, 7) is 2.39. The van der Waals surface area contributed by atoms with Crippen molar-refractivity contribution in [3.63, 3.8) is 0 Å². The molecule has 1 amide bonds. The highest BCUT2D eigenvalue weighted by molar-refractivity contribution is 7.47. The molecule has 0 radical (unpaired) electrons. The first-order valence-electron chi connectivity index (χ1n) is 23.9. The van der Waals surface area contributed by atoms with E-state index in [1.54, 1.807) is 0 Å². The molecule has 0 rings (SSSR count). The van der Waals surface area contributed by atoms with Crippen LogP contribution in [0.25, 0.3) is 0 Å². The van der Waals surface area contributed by atoms with Crippen LogP contribution in [0.3, 0.4) is 0 Å². The molecule has 0 aromatic rings. The lowest BCUT2D eigenvalue weighted by Gasteiger charge is -2.18. The zero-order valence-corrected chi connectivity index (χ0v) is 40.2. The van der Waals surface area contributed by atoms with E-state index in [1.807, 2.05) is 0 Å². The molecule has 3 atom stereocenters. The number of allylic oxidation sites excluding steroid dienone is 18. The van der Waals surface area contributed by atoms with Crippen LogP contribution in [-0.2, 0) is 32.7 Å². The van der Waals surface area contributed by atoms with Crippen molar-refractivity contribution in [1.29, 1.82) is 0 Å². The molecular weight excluding hydrogens is 830 g/mol. The van der Waals surface area contributed by atoms with Gasteiger partial charge in [0.2, 0.25) is 5.91 Å². The predicted molar refractivity (Wildman–Crippen MR) is 263 cm³/mol. The number of phosphoric acid groups is 1. The molecule has 0 saturated heterocycles. The average molecular weight is 914 g/mol. The van der Waals surface area contributed by atoms with Gasteiger partial charge < -0.3 is 25.2 Å². The Balaban J connectivity index is 3.98. The zero-order chi connectivity index (χ0) is 47.0. The Hall–Kier alpha value is -3.86. The van der Waals surface area contributed by atoms with Gasteiger partial charge in [-0.05, 0) is 103 Å². The van der Waals surface area contributed by atoms with Gasteiger partial charge in [0.1, 0.15) is 12.7 Å². The van der Waals surface area contributed by atoms with E-state index in [0.29, 0.717) is 12.8 Å². The molecule has 0 spiro atoms. The van der Waals surface area contributed by atoms with Gasteiger partial charge in [-0.25, -0.2) is 9.36 Å². The topological polar surface area (TPSA) is 169 Å². The lowest BCUT2D eigenvalue weighted by molar-refractivity contribution is -0.147. The van der Waals surface area contributed by atoms with Crippen molar-refractivity contribution in [1.82, 2.24) is 5.32 Å². The van der Waals surface area contributed by atoms with Crippen molar-refractivity contribution < 1.29 is 47.8 Å². The van der Waals surface area contributed by atoms with Crippen LogP contribution in [0, 0.1) is 0 Å². The van der Waals surface area contributed by atoms with E-state index in [4.69, 9.17) is 13.8 Å². The molecule has 11 nitrogen and oxygen atoms in total. The molecule has 12 heteroatoms. The minimum atomic E-state index is -4.78. The first kappa shape index (κ1) is 60.1. The monoisotopic (exact) mass is 914 g/mol. The summed E-state index contributed by atoms with van der Waals surface area (Å²) < 4.78 is 26.9. The molecule has 0 saturated carbocycles. The van der Waals surface area contributed by atoms with Gasteiger partial charge in [0.15, 0.2) is 6.04 Å². The van der Waals surface area contributed by atoms with E-state index in [2.05, 4.69) is 129 Å². The maximum Gasteiger partial charge on any atom is 0.472 e. The normalized spacial score (nSPS) is 14.6. The van der Waals surface area contributed by atoms with Crippen LogP contribution in [0.2, 0.25) is 0 Å². The standard InChI is InChI=1S/C52H84NO10P/c1-3-5-7-9-11-13-15-17-19-21-23-24-26-27-29-31-33-35-37-39-41-43-50(55)53-49(52(57)58)47-63-64(59,60)62-46-48(54)45-61-51(56)44-42-40-38-36-34-32-30-28-25-22-20-18-16-14-12-10-8-6-4-2/h5,7,11-14,17-20,23-25,27-29,32,34,48-49,54H,3-4,6,8-10,15-16,21-22,26,30-31,33,35-47H2,1-2H3,(H,53,55)(H,57,58)(H,59,60)/b7-5-,13-11-,14-12-,19-17-,20-18-,24-23-,28-25-,29-27-,34-32-. The number of ether oxygens (including phenoxy) is 1. The first-order chi connectivity index (χ1) is 31.1. The van der Waals surface area contributed by atoms with Crippen molar-refractivity contribution in [2.45, 2.75) is 180 Å². The second kappa shape index (κ2) is 45.7. The van der Waals surface area contributed by atoms with Crippen molar-refractivity contribution in [3.8, 4) is 0 Å². The highest BCUT2D eigenvalue weighted by Crippen LogP contribution is 2.43. The number of esters is 1. The van der Waals surface area contributed by atoms with Crippen LogP contribution in [0.15, 0.2) is 109 Å². The highest BCUT2D eigenvalue weighted by Gasteiger charge is 2.28. The van der Waals surface area contributed by atoms with Crippen molar-refractivity contribution in [3.05, 3.63) is 109 Å². The molecule has 0 fully saturated rings. The number of carbonyl (C=O) groups excluding carboxylic acids is 2. The highest BCUT2D eigenvalue weighted by atomic mass is 31.2. The van der Waals surface area contributed by atoms with Crippen LogP contribution < -0.4 is 5.32 Å². The third-order valence-corrected chi connectivity index (χ3v) is 10.5. The predicted octanol–water partition coefficient (Wildman–Crippen LogP) is 13.0. The quantitative estimate of drug-likeness (QED) is 0.0200. The van der Waals surface area contributed by atoms with Crippen LogP contribution in [-0.4, -0.2) is 64.9 Å². The molecule has 0 aliphatic heterocycles. The molecule has 0 aromatic carbocycles. The van der Waals surface area contributed by atoms with Crippen molar-refractivity contribution in [2.24, 2.45) is 0 Å². The SMILES string of the molecule is CC/C=C\C/C=C\C/C=C\C/C=C\C/C=C\CCCCCCCC(=O)NC(COP(=O)(O)OCC(O)COC(=O)CCCCC/C=C\C/C=C\C/C=C\C/C=C\CCCCC)C(=O)O. The Morgan fingerprint density at radius 2 is 0.906 bits per heavy atom. The van der Waals surface area contributed by atoms with Crippen molar-refractivity contribution in [2.75, 3.05) is 19.8 Å². The van der Waals surface area contributed by atoms with Crippen LogP contribution >= 0.6 is 7.82 Å². The molecule has 64 heavy (non-hydrogen) atoms. The number of hydrogen-bond acceptors (Lipinski definition) is 8. The summed E-state index contributed by atoms with van der Waals surface area (Å²) in [5.74, 6) is -2.45. The van der Waals surface area contributed by atoms with Gasteiger partial charge in [-0.3, -0.25) is 18.6 Å². The number of rotatable bonds is 43. The second-order valence-corrected chi connectivity index (χ2v) is 17.0. The number of aliphatic hydroxyl groups excluding tert-OH is 1. The first-order valence-corrected chi connectivity index (χ1v) is 25.4. The maximum absolute atomic E-state index is 12.3. The molecule has 362 valence electrons. The minimum absolute atomic E-state index is 0.114. The third kappa shape index (κ3) is 44.7. The van der Waals surface area contributed by atoms with Crippen LogP contribution in [0.4, 0.5) is 0 Å². The number of carboxylic acids is 1. The van der Waals surface area contributed by atoms with E-state index in [9.17, 15) is 34.1 Å². The number of aliphatic hydroxyl groups is 1. The molecule has 0 aliphatic rings. The van der Waals surface area contributed by atoms with Gasteiger partial charge in [0.05, 0.1) is 13.2 Å². The number of phosphoric ester groups is 1. The number of unbranched alkanes of at least 4 members (excludes halogenated alkanes) is 11.